The normalized spacial score (nSPS) is 22.3. The number of rotatable bonds is 1. The largest absolute Gasteiger partial charge is 0.319 e. The number of nitrogens with zero attached hydrogens (tertiary/aromatic N) is 1. The molecule has 2 nitrogen and oxygen atoms in total. The summed E-state index contributed by atoms with van der Waals surface area (Å²) in [5, 5.41) is 1.09. The van der Waals surface area contributed by atoms with Crippen LogP contribution in [0.25, 0.3) is 0 Å². The van der Waals surface area contributed by atoms with Gasteiger partial charge in [0.15, 0.2) is 0 Å². The Labute approximate surface area is 126 Å². The maximum atomic E-state index is 6.65. The Bertz CT molecular complexity index is 616. The Morgan fingerprint density at radius 2 is 2.11 bits per heavy atom. The summed E-state index contributed by atoms with van der Waals surface area (Å²) < 4.78 is 1.15. The number of thiazole rings is 1. The first kappa shape index (κ1) is 13.3. The monoisotopic (exact) mass is 336 g/mol. The highest BCUT2D eigenvalue weighted by atomic mass is 79.9. The number of aryl methyl sites for hydroxylation is 3. The SMILES string of the molecule is Cc1nc(C2(N)CCc3cc(Br)ccc3C2)sc1C. The molecule has 100 valence electrons. The summed E-state index contributed by atoms with van der Waals surface area (Å²) in [7, 11) is 0. The number of hydrogen-bond donors (Lipinski definition) is 1. The van der Waals surface area contributed by atoms with Crippen molar-refractivity contribution in [2.75, 3.05) is 0 Å². The Hall–Kier alpha value is -0.710. The van der Waals surface area contributed by atoms with E-state index in [1.165, 1.54) is 16.0 Å². The molecule has 1 atom stereocenters. The van der Waals surface area contributed by atoms with Gasteiger partial charge in [-0.25, -0.2) is 4.98 Å². The first-order valence-electron chi connectivity index (χ1n) is 6.49. The van der Waals surface area contributed by atoms with Crippen LogP contribution in [0.5, 0.6) is 0 Å². The average molecular weight is 337 g/mol. The number of nitrogens with two attached hydrogens (primary N) is 1. The van der Waals surface area contributed by atoms with E-state index < -0.39 is 0 Å². The maximum absolute atomic E-state index is 6.65. The van der Waals surface area contributed by atoms with Crippen LogP contribution in [-0.4, -0.2) is 4.98 Å². The lowest BCUT2D eigenvalue weighted by Gasteiger charge is -2.33. The van der Waals surface area contributed by atoms with Crippen LogP contribution in [0, 0.1) is 13.8 Å². The lowest BCUT2D eigenvalue weighted by molar-refractivity contribution is 0.383. The first-order chi connectivity index (χ1) is 8.98. The maximum Gasteiger partial charge on any atom is 0.113 e. The molecular weight excluding hydrogens is 320 g/mol. The lowest BCUT2D eigenvalue weighted by Crippen LogP contribution is -2.42. The van der Waals surface area contributed by atoms with Crippen molar-refractivity contribution < 1.29 is 0 Å². The van der Waals surface area contributed by atoms with Crippen molar-refractivity contribution in [3.63, 3.8) is 0 Å². The van der Waals surface area contributed by atoms with Crippen molar-refractivity contribution in [2.45, 2.75) is 38.6 Å². The number of aromatic nitrogens is 1. The fourth-order valence-electron chi connectivity index (χ4n) is 2.65. The highest BCUT2D eigenvalue weighted by Crippen LogP contribution is 2.37. The summed E-state index contributed by atoms with van der Waals surface area (Å²) in [5.41, 5.74) is 10.3. The highest BCUT2D eigenvalue weighted by molar-refractivity contribution is 9.10. The van der Waals surface area contributed by atoms with Crippen molar-refractivity contribution in [1.82, 2.24) is 4.98 Å². The molecule has 1 aliphatic rings. The standard InChI is InChI=1S/C15H17BrN2S/c1-9-10(2)19-14(18-9)15(17)6-5-11-7-13(16)4-3-12(11)8-15/h3-4,7H,5-6,8,17H2,1-2H3. The Balaban J connectivity index is 1.97. The van der Waals surface area contributed by atoms with Gasteiger partial charge in [0.25, 0.3) is 0 Å². The van der Waals surface area contributed by atoms with Gasteiger partial charge in [0.1, 0.15) is 5.01 Å². The van der Waals surface area contributed by atoms with Gasteiger partial charge in [-0.15, -0.1) is 11.3 Å². The third-order valence-corrected chi connectivity index (χ3v) is 5.76. The molecule has 19 heavy (non-hydrogen) atoms. The van der Waals surface area contributed by atoms with Crippen LogP contribution in [-0.2, 0) is 18.4 Å². The minimum Gasteiger partial charge on any atom is -0.319 e. The Morgan fingerprint density at radius 1 is 1.32 bits per heavy atom. The van der Waals surface area contributed by atoms with E-state index in [9.17, 15) is 0 Å². The molecule has 0 amide bonds. The molecule has 1 aliphatic carbocycles. The van der Waals surface area contributed by atoms with Gasteiger partial charge < -0.3 is 5.73 Å². The van der Waals surface area contributed by atoms with Crippen molar-refractivity contribution in [2.24, 2.45) is 5.73 Å². The lowest BCUT2D eigenvalue weighted by atomic mass is 9.79. The quantitative estimate of drug-likeness (QED) is 0.858. The first-order valence-corrected chi connectivity index (χ1v) is 8.09. The summed E-state index contributed by atoms with van der Waals surface area (Å²) in [4.78, 5) is 5.96. The highest BCUT2D eigenvalue weighted by Gasteiger charge is 2.35. The molecule has 2 aromatic rings. The van der Waals surface area contributed by atoms with Gasteiger partial charge in [-0.1, -0.05) is 22.0 Å². The van der Waals surface area contributed by atoms with E-state index in [1.54, 1.807) is 11.3 Å². The summed E-state index contributed by atoms with van der Waals surface area (Å²) in [5.74, 6) is 0. The molecule has 3 rings (SSSR count). The number of halogens is 1. The van der Waals surface area contributed by atoms with Crippen molar-refractivity contribution in [3.05, 3.63) is 49.4 Å². The smallest absolute Gasteiger partial charge is 0.113 e. The van der Waals surface area contributed by atoms with E-state index in [0.29, 0.717) is 0 Å². The zero-order valence-electron chi connectivity index (χ0n) is 11.2. The van der Waals surface area contributed by atoms with Crippen LogP contribution in [0.2, 0.25) is 0 Å². The fraction of sp³-hybridized carbons (Fsp3) is 0.400. The zero-order valence-corrected chi connectivity index (χ0v) is 13.6. The molecule has 0 spiro atoms. The van der Waals surface area contributed by atoms with Gasteiger partial charge >= 0.3 is 0 Å². The molecule has 2 N–H and O–H groups in total. The van der Waals surface area contributed by atoms with E-state index in [-0.39, 0.29) is 5.54 Å². The van der Waals surface area contributed by atoms with Crippen molar-refractivity contribution in [1.29, 1.82) is 0 Å². The molecule has 1 aromatic carbocycles. The number of benzene rings is 1. The molecule has 4 heteroatoms. The average Bonchev–Trinajstić information content (AvgIpc) is 2.71. The van der Waals surface area contributed by atoms with Crippen LogP contribution in [0.1, 0.15) is 33.1 Å². The van der Waals surface area contributed by atoms with Gasteiger partial charge in [0, 0.05) is 9.35 Å². The van der Waals surface area contributed by atoms with Crippen LogP contribution < -0.4 is 5.73 Å². The molecule has 0 radical (unpaired) electrons. The van der Waals surface area contributed by atoms with Gasteiger partial charge in [0.2, 0.25) is 0 Å². The molecule has 1 heterocycles. The molecule has 0 saturated carbocycles. The van der Waals surface area contributed by atoms with E-state index >= 15 is 0 Å². The van der Waals surface area contributed by atoms with Gasteiger partial charge in [-0.2, -0.15) is 0 Å². The van der Waals surface area contributed by atoms with Gasteiger partial charge in [-0.05, 0) is 56.4 Å². The van der Waals surface area contributed by atoms with E-state index in [4.69, 9.17) is 5.73 Å². The number of fused-ring (bicyclic) bond motifs is 1. The van der Waals surface area contributed by atoms with Crippen molar-refractivity contribution >= 4 is 27.3 Å². The van der Waals surface area contributed by atoms with Crippen LogP contribution in [0.15, 0.2) is 22.7 Å². The Morgan fingerprint density at radius 3 is 2.79 bits per heavy atom. The molecule has 0 saturated heterocycles. The molecule has 0 bridgehead atoms. The van der Waals surface area contributed by atoms with Gasteiger partial charge in [-0.3, -0.25) is 0 Å². The van der Waals surface area contributed by atoms with Gasteiger partial charge in [0.05, 0.1) is 11.2 Å². The van der Waals surface area contributed by atoms with Crippen LogP contribution in [0.4, 0.5) is 0 Å². The topological polar surface area (TPSA) is 38.9 Å². The zero-order chi connectivity index (χ0) is 13.6. The van der Waals surface area contributed by atoms with E-state index in [2.05, 4.69) is 53.0 Å². The third-order valence-electron chi connectivity index (χ3n) is 3.97. The summed E-state index contributed by atoms with van der Waals surface area (Å²) in [6, 6.07) is 6.50. The van der Waals surface area contributed by atoms with E-state index in [0.717, 1.165) is 34.4 Å². The second-order valence-corrected chi connectivity index (χ2v) is 7.53. The molecule has 1 aromatic heterocycles. The third kappa shape index (κ3) is 2.37. The molecule has 0 fully saturated rings. The molecule has 0 aliphatic heterocycles. The minimum absolute atomic E-state index is 0.287. The number of hydrogen-bond acceptors (Lipinski definition) is 3. The summed E-state index contributed by atoms with van der Waals surface area (Å²) >= 11 is 5.29. The molecule has 1 unspecified atom stereocenters. The predicted octanol–water partition coefficient (Wildman–Crippen LogP) is 3.87. The Kier molecular flexibility index (Phi) is 3.28. The van der Waals surface area contributed by atoms with Crippen molar-refractivity contribution in [3.8, 4) is 0 Å². The second-order valence-electron chi connectivity index (χ2n) is 5.41. The minimum atomic E-state index is -0.287. The second kappa shape index (κ2) is 4.69. The summed E-state index contributed by atoms with van der Waals surface area (Å²) in [6.07, 6.45) is 2.90. The fourth-order valence-corrected chi connectivity index (χ4v) is 4.11. The summed E-state index contributed by atoms with van der Waals surface area (Å²) in [6.45, 7) is 4.18. The predicted molar refractivity (Wildman–Crippen MR) is 83.6 cm³/mol. The van der Waals surface area contributed by atoms with E-state index in [1.807, 2.05) is 0 Å². The van der Waals surface area contributed by atoms with Crippen LogP contribution in [0.3, 0.4) is 0 Å². The van der Waals surface area contributed by atoms with Crippen LogP contribution >= 0.6 is 27.3 Å². The molecular formula is C15H17BrN2S.